The maximum Gasteiger partial charge on any atom is 0.240 e. The summed E-state index contributed by atoms with van der Waals surface area (Å²) in [6, 6.07) is 6.62. The molecule has 6 heteroatoms. The number of hydrogen-bond donors (Lipinski definition) is 1. The van der Waals surface area contributed by atoms with Gasteiger partial charge in [-0.05, 0) is 37.0 Å². The van der Waals surface area contributed by atoms with E-state index < -0.39 is 0 Å². The molecule has 0 aliphatic carbocycles. The summed E-state index contributed by atoms with van der Waals surface area (Å²) in [6.07, 6.45) is 2.31. The van der Waals surface area contributed by atoms with Gasteiger partial charge in [0.2, 0.25) is 5.89 Å². The molecule has 1 aliphatic rings. The number of benzene rings is 1. The molecule has 2 aromatic rings. The first kappa shape index (κ1) is 14.8. The van der Waals surface area contributed by atoms with Gasteiger partial charge >= 0.3 is 0 Å². The van der Waals surface area contributed by atoms with Crippen LogP contribution in [0, 0.1) is 6.92 Å². The zero-order chi connectivity index (χ0) is 13.2. The van der Waals surface area contributed by atoms with Crippen LogP contribution in [0.25, 0.3) is 0 Å². The first-order chi connectivity index (χ1) is 9.26. The minimum Gasteiger partial charge on any atom is -0.364 e. The minimum absolute atomic E-state index is 0. The molecule has 0 bridgehead atoms. The predicted molar refractivity (Wildman–Crippen MR) is 80.0 cm³/mol. The molecule has 0 saturated heterocycles. The quantitative estimate of drug-likeness (QED) is 0.940. The lowest BCUT2D eigenvalue weighted by Gasteiger charge is -2.30. The Morgan fingerprint density at radius 3 is 3.00 bits per heavy atom. The number of anilines is 1. The average Bonchev–Trinajstić information content (AvgIpc) is 2.87. The number of aryl methyl sites for hydroxylation is 2. The van der Waals surface area contributed by atoms with Crippen LogP contribution in [0.2, 0.25) is 0 Å². The van der Waals surface area contributed by atoms with Crippen molar-refractivity contribution < 1.29 is 4.52 Å². The van der Waals surface area contributed by atoms with E-state index in [1.165, 1.54) is 16.8 Å². The van der Waals surface area contributed by atoms with Crippen LogP contribution in [0.15, 0.2) is 22.7 Å². The fraction of sp³-hybridized carbons (Fsp3) is 0.429. The summed E-state index contributed by atoms with van der Waals surface area (Å²) in [7, 11) is 0. The van der Waals surface area contributed by atoms with Crippen LogP contribution < -0.4 is 10.6 Å². The molecular weight excluding hydrogens is 276 g/mol. The minimum atomic E-state index is 0. The van der Waals surface area contributed by atoms with Crippen molar-refractivity contribution in [2.45, 2.75) is 32.9 Å². The fourth-order valence-electron chi connectivity index (χ4n) is 2.53. The molecule has 0 radical (unpaired) electrons. The van der Waals surface area contributed by atoms with Gasteiger partial charge in [-0.15, -0.1) is 12.4 Å². The molecule has 1 aromatic carbocycles. The van der Waals surface area contributed by atoms with Gasteiger partial charge in [0, 0.05) is 12.2 Å². The molecule has 5 nitrogen and oxygen atoms in total. The average molecular weight is 295 g/mol. The third-order valence-corrected chi connectivity index (χ3v) is 3.47. The monoisotopic (exact) mass is 294 g/mol. The standard InChI is InChI=1S/C14H18N4O.ClH/c1-10-4-5-11-3-2-6-18(12(11)7-10)9-13-16-14(8-15)19-17-13;/h4-5,7H,2-3,6,8-9,15H2,1H3;1H. The Bertz CT molecular complexity index is 584. The van der Waals surface area contributed by atoms with Crippen molar-refractivity contribution in [2.24, 2.45) is 5.73 Å². The lowest BCUT2D eigenvalue weighted by molar-refractivity contribution is 0.374. The van der Waals surface area contributed by atoms with Gasteiger partial charge in [-0.2, -0.15) is 4.98 Å². The normalized spacial score (nSPS) is 13.8. The maximum atomic E-state index is 5.48. The molecule has 1 aromatic heterocycles. The molecule has 0 fully saturated rings. The van der Waals surface area contributed by atoms with Crippen molar-refractivity contribution in [1.82, 2.24) is 10.1 Å². The van der Waals surface area contributed by atoms with E-state index in [4.69, 9.17) is 10.3 Å². The largest absolute Gasteiger partial charge is 0.364 e. The highest BCUT2D eigenvalue weighted by Gasteiger charge is 2.19. The molecule has 108 valence electrons. The van der Waals surface area contributed by atoms with Crippen LogP contribution >= 0.6 is 12.4 Å². The number of halogens is 1. The van der Waals surface area contributed by atoms with Crippen LogP contribution in [0.3, 0.4) is 0 Å². The summed E-state index contributed by atoms with van der Waals surface area (Å²) in [6.45, 7) is 4.12. The predicted octanol–water partition coefficient (Wildman–Crippen LogP) is 2.21. The second kappa shape index (κ2) is 6.24. The molecule has 0 spiro atoms. The Balaban J connectivity index is 0.00000147. The summed E-state index contributed by atoms with van der Waals surface area (Å²) in [5.74, 6) is 1.20. The molecule has 20 heavy (non-hydrogen) atoms. The highest BCUT2D eigenvalue weighted by molar-refractivity contribution is 5.85. The van der Waals surface area contributed by atoms with Gasteiger partial charge in [-0.1, -0.05) is 17.3 Å². The van der Waals surface area contributed by atoms with Crippen molar-refractivity contribution in [1.29, 1.82) is 0 Å². The van der Waals surface area contributed by atoms with Gasteiger partial charge in [0.15, 0.2) is 5.82 Å². The van der Waals surface area contributed by atoms with Gasteiger partial charge in [0.25, 0.3) is 0 Å². The fourth-order valence-corrected chi connectivity index (χ4v) is 2.53. The lowest BCUT2D eigenvalue weighted by atomic mass is 10.00. The van der Waals surface area contributed by atoms with Gasteiger partial charge in [0.1, 0.15) is 0 Å². The highest BCUT2D eigenvalue weighted by atomic mass is 35.5. The number of aromatic nitrogens is 2. The topological polar surface area (TPSA) is 68.2 Å². The second-order valence-corrected chi connectivity index (χ2v) is 4.97. The van der Waals surface area contributed by atoms with Gasteiger partial charge in [-0.25, -0.2) is 0 Å². The summed E-state index contributed by atoms with van der Waals surface area (Å²) in [5.41, 5.74) is 9.46. The second-order valence-electron chi connectivity index (χ2n) is 4.97. The van der Waals surface area contributed by atoms with Gasteiger partial charge < -0.3 is 15.2 Å². The van der Waals surface area contributed by atoms with Crippen LogP contribution in [0.5, 0.6) is 0 Å². The Morgan fingerprint density at radius 2 is 2.25 bits per heavy atom. The van der Waals surface area contributed by atoms with E-state index in [0.29, 0.717) is 24.8 Å². The number of hydrogen-bond acceptors (Lipinski definition) is 5. The van der Waals surface area contributed by atoms with E-state index in [0.717, 1.165) is 19.4 Å². The summed E-state index contributed by atoms with van der Waals surface area (Å²) in [4.78, 5) is 6.59. The van der Waals surface area contributed by atoms with Gasteiger partial charge in [-0.3, -0.25) is 0 Å². The Hall–Kier alpha value is -1.59. The molecule has 1 aliphatic heterocycles. The molecule has 2 heterocycles. The van der Waals surface area contributed by atoms with E-state index >= 15 is 0 Å². The number of nitrogens with zero attached hydrogens (tertiary/aromatic N) is 3. The highest BCUT2D eigenvalue weighted by Crippen LogP contribution is 2.28. The van der Waals surface area contributed by atoms with Crippen molar-refractivity contribution in [3.8, 4) is 0 Å². The molecule has 3 rings (SSSR count). The number of nitrogens with two attached hydrogens (primary N) is 1. The Morgan fingerprint density at radius 1 is 1.40 bits per heavy atom. The van der Waals surface area contributed by atoms with Crippen LogP contribution in [0.1, 0.15) is 29.3 Å². The molecule has 0 saturated carbocycles. The van der Waals surface area contributed by atoms with E-state index in [2.05, 4.69) is 40.2 Å². The molecule has 0 unspecified atom stereocenters. The third kappa shape index (κ3) is 2.94. The van der Waals surface area contributed by atoms with Crippen molar-refractivity contribution in [3.63, 3.8) is 0 Å². The van der Waals surface area contributed by atoms with Crippen molar-refractivity contribution in [2.75, 3.05) is 11.4 Å². The van der Waals surface area contributed by atoms with Crippen molar-refractivity contribution in [3.05, 3.63) is 41.0 Å². The van der Waals surface area contributed by atoms with Gasteiger partial charge in [0.05, 0.1) is 13.1 Å². The molecular formula is C14H19ClN4O. The van der Waals surface area contributed by atoms with E-state index in [1.54, 1.807) is 0 Å². The van der Waals surface area contributed by atoms with E-state index in [1.807, 2.05) is 0 Å². The zero-order valence-corrected chi connectivity index (χ0v) is 12.3. The first-order valence-electron chi connectivity index (χ1n) is 6.62. The Kier molecular flexibility index (Phi) is 4.62. The molecule has 2 N–H and O–H groups in total. The number of fused-ring (bicyclic) bond motifs is 1. The first-order valence-corrected chi connectivity index (χ1v) is 6.62. The molecule has 0 atom stereocenters. The Labute approximate surface area is 124 Å². The van der Waals surface area contributed by atoms with Crippen LogP contribution in [-0.2, 0) is 19.5 Å². The molecule has 0 amide bonds. The van der Waals surface area contributed by atoms with Crippen LogP contribution in [-0.4, -0.2) is 16.7 Å². The summed E-state index contributed by atoms with van der Waals surface area (Å²) < 4.78 is 5.05. The third-order valence-electron chi connectivity index (χ3n) is 3.47. The van der Waals surface area contributed by atoms with E-state index in [9.17, 15) is 0 Å². The van der Waals surface area contributed by atoms with E-state index in [-0.39, 0.29) is 12.4 Å². The SMILES string of the molecule is Cc1ccc2c(c1)N(Cc1noc(CN)n1)CCC2.Cl. The van der Waals surface area contributed by atoms with Crippen molar-refractivity contribution >= 4 is 18.1 Å². The summed E-state index contributed by atoms with van der Waals surface area (Å²) >= 11 is 0. The zero-order valence-electron chi connectivity index (χ0n) is 11.5. The summed E-state index contributed by atoms with van der Waals surface area (Å²) in [5, 5.41) is 3.97. The lowest BCUT2D eigenvalue weighted by Crippen LogP contribution is -2.29. The number of rotatable bonds is 3. The van der Waals surface area contributed by atoms with Crippen LogP contribution in [0.4, 0.5) is 5.69 Å². The smallest absolute Gasteiger partial charge is 0.240 e. The maximum absolute atomic E-state index is 5.48.